The molecular formula is C16H17FO2. The van der Waals surface area contributed by atoms with Crippen LogP contribution in [0.15, 0.2) is 48.5 Å². The van der Waals surface area contributed by atoms with Gasteiger partial charge in [-0.2, -0.15) is 0 Å². The molecule has 0 aromatic heterocycles. The zero-order valence-electron chi connectivity index (χ0n) is 10.9. The minimum absolute atomic E-state index is 0.265. The summed E-state index contributed by atoms with van der Waals surface area (Å²) in [5.41, 5.74) is 1.05. The largest absolute Gasteiger partial charge is 0.454 e. The van der Waals surface area contributed by atoms with Crippen LogP contribution in [-0.4, -0.2) is 13.7 Å². The number of aryl methyl sites for hydroxylation is 1. The summed E-state index contributed by atoms with van der Waals surface area (Å²) in [6, 6.07) is 14.2. The Morgan fingerprint density at radius 2 is 1.84 bits per heavy atom. The zero-order valence-corrected chi connectivity index (χ0v) is 10.9. The van der Waals surface area contributed by atoms with Crippen LogP contribution in [0.1, 0.15) is 12.0 Å². The van der Waals surface area contributed by atoms with E-state index in [9.17, 15) is 4.39 Å². The van der Waals surface area contributed by atoms with Crippen molar-refractivity contribution < 1.29 is 13.9 Å². The monoisotopic (exact) mass is 260 g/mol. The molecular weight excluding hydrogens is 243 g/mol. The minimum Gasteiger partial charge on any atom is -0.454 e. The van der Waals surface area contributed by atoms with Crippen molar-refractivity contribution >= 4 is 0 Å². The molecule has 100 valence electrons. The maximum Gasteiger partial charge on any atom is 0.165 e. The fourth-order valence-electron chi connectivity index (χ4n) is 1.82. The van der Waals surface area contributed by atoms with Crippen LogP contribution in [0, 0.1) is 5.82 Å². The Bertz CT molecular complexity index is 511. The third-order valence-corrected chi connectivity index (χ3v) is 2.78. The molecule has 19 heavy (non-hydrogen) atoms. The number of rotatable bonds is 6. The van der Waals surface area contributed by atoms with Gasteiger partial charge in [-0.05, 0) is 42.7 Å². The highest BCUT2D eigenvalue weighted by atomic mass is 19.1. The molecule has 0 spiro atoms. The van der Waals surface area contributed by atoms with Crippen molar-refractivity contribution in [2.24, 2.45) is 0 Å². The van der Waals surface area contributed by atoms with E-state index in [2.05, 4.69) is 0 Å². The quantitative estimate of drug-likeness (QED) is 0.725. The number of hydrogen-bond donors (Lipinski definition) is 0. The van der Waals surface area contributed by atoms with Crippen LogP contribution in [-0.2, 0) is 11.2 Å². The summed E-state index contributed by atoms with van der Waals surface area (Å²) in [6.07, 6.45) is 1.76. The van der Waals surface area contributed by atoms with Gasteiger partial charge in [0.05, 0.1) is 0 Å². The fourth-order valence-corrected chi connectivity index (χ4v) is 1.82. The SMILES string of the molecule is COCCCc1ccc(F)c(Oc2ccccc2)c1. The molecule has 3 heteroatoms. The number of ether oxygens (including phenoxy) is 2. The normalized spacial score (nSPS) is 10.4. The Kier molecular flexibility index (Phi) is 4.93. The van der Waals surface area contributed by atoms with Gasteiger partial charge in [0, 0.05) is 13.7 Å². The predicted octanol–water partition coefficient (Wildman–Crippen LogP) is 4.20. The molecule has 0 aliphatic heterocycles. The average molecular weight is 260 g/mol. The molecule has 0 saturated heterocycles. The first kappa shape index (κ1) is 13.6. The Hall–Kier alpha value is -1.87. The molecule has 0 heterocycles. The van der Waals surface area contributed by atoms with Crippen molar-refractivity contribution in [3.63, 3.8) is 0 Å². The lowest BCUT2D eigenvalue weighted by molar-refractivity contribution is 0.195. The van der Waals surface area contributed by atoms with E-state index in [0.717, 1.165) is 18.4 Å². The van der Waals surface area contributed by atoms with E-state index in [1.165, 1.54) is 6.07 Å². The molecule has 0 aliphatic carbocycles. The molecule has 2 aromatic rings. The Morgan fingerprint density at radius 3 is 2.58 bits per heavy atom. The summed E-state index contributed by atoms with van der Waals surface area (Å²) in [6.45, 7) is 0.701. The standard InChI is InChI=1S/C16H17FO2/c1-18-11-5-6-13-9-10-15(17)16(12-13)19-14-7-3-2-4-8-14/h2-4,7-10,12H,5-6,11H2,1H3. The second kappa shape index (κ2) is 6.90. The van der Waals surface area contributed by atoms with E-state index in [1.54, 1.807) is 31.4 Å². The van der Waals surface area contributed by atoms with Gasteiger partial charge in [0.25, 0.3) is 0 Å². The lowest BCUT2D eigenvalue weighted by Gasteiger charge is -2.09. The van der Waals surface area contributed by atoms with Gasteiger partial charge in [-0.1, -0.05) is 24.3 Å². The first-order valence-electron chi connectivity index (χ1n) is 6.30. The maximum atomic E-state index is 13.7. The molecule has 2 aromatic carbocycles. The smallest absolute Gasteiger partial charge is 0.165 e. The van der Waals surface area contributed by atoms with Crippen molar-refractivity contribution in [2.75, 3.05) is 13.7 Å². The first-order valence-corrected chi connectivity index (χ1v) is 6.30. The van der Waals surface area contributed by atoms with Gasteiger partial charge in [-0.3, -0.25) is 0 Å². The van der Waals surface area contributed by atoms with E-state index in [1.807, 2.05) is 18.2 Å². The lowest BCUT2D eigenvalue weighted by Crippen LogP contribution is -1.95. The van der Waals surface area contributed by atoms with Crippen molar-refractivity contribution in [1.29, 1.82) is 0 Å². The van der Waals surface area contributed by atoms with Crippen LogP contribution in [0.25, 0.3) is 0 Å². The van der Waals surface area contributed by atoms with E-state index >= 15 is 0 Å². The first-order chi connectivity index (χ1) is 9.29. The van der Waals surface area contributed by atoms with Gasteiger partial charge in [0.15, 0.2) is 11.6 Å². The summed E-state index contributed by atoms with van der Waals surface area (Å²) in [5.74, 6) is 0.552. The Labute approximate surface area is 112 Å². The van der Waals surface area contributed by atoms with Crippen LogP contribution < -0.4 is 4.74 Å². The molecule has 2 rings (SSSR count). The summed E-state index contributed by atoms with van der Waals surface area (Å²) in [4.78, 5) is 0. The van der Waals surface area contributed by atoms with Crippen molar-refractivity contribution in [3.8, 4) is 11.5 Å². The van der Waals surface area contributed by atoms with Crippen LogP contribution in [0.3, 0.4) is 0 Å². The Morgan fingerprint density at radius 1 is 1.05 bits per heavy atom. The van der Waals surface area contributed by atoms with Crippen LogP contribution in [0.5, 0.6) is 11.5 Å². The third kappa shape index (κ3) is 4.07. The molecule has 0 N–H and O–H groups in total. The molecule has 0 radical (unpaired) electrons. The number of para-hydroxylation sites is 1. The van der Waals surface area contributed by atoms with Gasteiger partial charge in [0.1, 0.15) is 5.75 Å². The van der Waals surface area contributed by atoms with Gasteiger partial charge < -0.3 is 9.47 Å². The van der Waals surface area contributed by atoms with Crippen molar-refractivity contribution in [1.82, 2.24) is 0 Å². The highest BCUT2D eigenvalue weighted by Crippen LogP contribution is 2.25. The molecule has 0 fully saturated rings. The van der Waals surface area contributed by atoms with Crippen LogP contribution in [0.4, 0.5) is 4.39 Å². The van der Waals surface area contributed by atoms with Crippen LogP contribution >= 0.6 is 0 Å². The summed E-state index contributed by atoms with van der Waals surface area (Å²) < 4.78 is 24.3. The third-order valence-electron chi connectivity index (χ3n) is 2.78. The lowest BCUT2D eigenvalue weighted by atomic mass is 10.1. The van der Waals surface area contributed by atoms with Gasteiger partial charge in [-0.15, -0.1) is 0 Å². The van der Waals surface area contributed by atoms with Gasteiger partial charge >= 0.3 is 0 Å². The topological polar surface area (TPSA) is 18.5 Å². The molecule has 0 unspecified atom stereocenters. The fraction of sp³-hybridized carbons (Fsp3) is 0.250. The highest BCUT2D eigenvalue weighted by molar-refractivity contribution is 5.35. The maximum absolute atomic E-state index is 13.7. The Balaban J connectivity index is 2.09. The molecule has 0 saturated carbocycles. The highest BCUT2D eigenvalue weighted by Gasteiger charge is 2.06. The van der Waals surface area contributed by atoms with Crippen LogP contribution in [0.2, 0.25) is 0 Å². The second-order valence-corrected chi connectivity index (χ2v) is 4.28. The van der Waals surface area contributed by atoms with Crippen molar-refractivity contribution in [3.05, 3.63) is 59.9 Å². The molecule has 0 atom stereocenters. The minimum atomic E-state index is -0.348. The average Bonchev–Trinajstić information content (AvgIpc) is 2.44. The van der Waals surface area contributed by atoms with Gasteiger partial charge in [0.2, 0.25) is 0 Å². The predicted molar refractivity (Wildman–Crippen MR) is 73.1 cm³/mol. The summed E-state index contributed by atoms with van der Waals surface area (Å²) in [5, 5.41) is 0. The summed E-state index contributed by atoms with van der Waals surface area (Å²) in [7, 11) is 1.68. The number of benzene rings is 2. The molecule has 0 amide bonds. The molecule has 2 nitrogen and oxygen atoms in total. The number of halogens is 1. The van der Waals surface area contributed by atoms with E-state index in [0.29, 0.717) is 12.4 Å². The zero-order chi connectivity index (χ0) is 13.5. The van der Waals surface area contributed by atoms with Gasteiger partial charge in [-0.25, -0.2) is 4.39 Å². The number of hydrogen-bond acceptors (Lipinski definition) is 2. The number of methoxy groups -OCH3 is 1. The summed E-state index contributed by atoms with van der Waals surface area (Å²) >= 11 is 0. The molecule has 0 aliphatic rings. The second-order valence-electron chi connectivity index (χ2n) is 4.28. The van der Waals surface area contributed by atoms with E-state index in [-0.39, 0.29) is 11.6 Å². The van der Waals surface area contributed by atoms with E-state index in [4.69, 9.17) is 9.47 Å². The van der Waals surface area contributed by atoms with E-state index < -0.39 is 0 Å². The van der Waals surface area contributed by atoms with Crippen molar-refractivity contribution in [2.45, 2.75) is 12.8 Å². The molecule has 0 bridgehead atoms.